The minimum Gasteiger partial charge on any atom is -0.469 e. The van der Waals surface area contributed by atoms with Gasteiger partial charge in [0.25, 0.3) is 6.10 Å². The lowest BCUT2D eigenvalue weighted by Crippen LogP contribution is -2.36. The van der Waals surface area contributed by atoms with Gasteiger partial charge in [-0.2, -0.15) is 0 Å². The molecular weight excluding hydrogens is 244 g/mol. The molecule has 0 aliphatic rings. The molecule has 0 spiro atoms. The highest BCUT2D eigenvalue weighted by atomic mass is 35.5. The van der Waals surface area contributed by atoms with Gasteiger partial charge in [-0.3, -0.25) is 4.79 Å². The van der Waals surface area contributed by atoms with E-state index in [2.05, 4.69) is 4.74 Å². The van der Waals surface area contributed by atoms with Crippen LogP contribution >= 0.6 is 11.6 Å². The first-order valence-electron chi connectivity index (χ1n) is 5.11. The molecule has 0 aromatic heterocycles. The van der Waals surface area contributed by atoms with E-state index in [9.17, 15) is 9.59 Å². The lowest BCUT2D eigenvalue weighted by molar-refractivity contribution is -0.153. The molecule has 1 unspecified atom stereocenters. The van der Waals surface area contributed by atoms with Crippen LogP contribution in [-0.4, -0.2) is 25.0 Å². The second kappa shape index (κ2) is 6.25. The van der Waals surface area contributed by atoms with Gasteiger partial charge in [0.05, 0.1) is 12.1 Å². The molecule has 1 rings (SSSR count). The average Bonchev–Trinajstić information content (AvgIpc) is 2.36. The molecule has 17 heavy (non-hydrogen) atoms. The summed E-state index contributed by atoms with van der Waals surface area (Å²) in [5.41, 5.74) is 0. The van der Waals surface area contributed by atoms with Gasteiger partial charge in [0.2, 0.25) is 0 Å². The number of ether oxygens (including phenoxy) is 2. The van der Waals surface area contributed by atoms with Crippen molar-refractivity contribution < 1.29 is 19.1 Å². The quantitative estimate of drug-likeness (QED) is 0.599. The van der Waals surface area contributed by atoms with Crippen molar-refractivity contribution in [3.63, 3.8) is 0 Å². The van der Waals surface area contributed by atoms with Crippen molar-refractivity contribution in [3.8, 4) is 5.75 Å². The normalized spacial score (nSPS) is 11.7. The summed E-state index contributed by atoms with van der Waals surface area (Å²) in [6.07, 6.45) is -1.07. The van der Waals surface area contributed by atoms with Crippen molar-refractivity contribution in [2.75, 3.05) is 7.11 Å². The average molecular weight is 257 g/mol. The number of hydrogen-bond acceptors (Lipinski definition) is 4. The predicted octanol–water partition coefficient (Wildman–Crippen LogP) is 2.24. The van der Waals surface area contributed by atoms with E-state index in [0.717, 1.165) is 0 Å². The van der Waals surface area contributed by atoms with Crippen LogP contribution in [0.1, 0.15) is 13.3 Å². The summed E-state index contributed by atoms with van der Waals surface area (Å²) in [6.45, 7) is 1.65. The number of halogens is 1. The third kappa shape index (κ3) is 3.46. The highest BCUT2D eigenvalue weighted by Crippen LogP contribution is 2.24. The molecule has 5 heteroatoms. The predicted molar refractivity (Wildman–Crippen MR) is 63.2 cm³/mol. The molecule has 1 aromatic carbocycles. The van der Waals surface area contributed by atoms with Gasteiger partial charge in [-0.15, -0.1) is 0 Å². The number of hydrogen-bond donors (Lipinski definition) is 0. The standard InChI is InChI=1S/C12H13ClO4/c1-3-9(14)11(12(15)16-2)17-10-7-5-4-6-8(10)13/h4-7,11H,3H2,1-2H3. The highest BCUT2D eigenvalue weighted by molar-refractivity contribution is 6.32. The maximum atomic E-state index is 11.6. The first-order chi connectivity index (χ1) is 8.10. The SMILES string of the molecule is CCC(=O)C(Oc1ccccc1Cl)C(=O)OC. The van der Waals surface area contributed by atoms with Crippen molar-refractivity contribution in [1.29, 1.82) is 0 Å². The summed E-state index contributed by atoms with van der Waals surface area (Å²) in [5.74, 6) is -0.792. The summed E-state index contributed by atoms with van der Waals surface area (Å²) < 4.78 is 9.81. The zero-order valence-corrected chi connectivity index (χ0v) is 10.4. The van der Waals surface area contributed by atoms with E-state index in [1.54, 1.807) is 31.2 Å². The van der Waals surface area contributed by atoms with Crippen LogP contribution in [0.5, 0.6) is 5.75 Å². The van der Waals surface area contributed by atoms with E-state index in [0.29, 0.717) is 5.02 Å². The van der Waals surface area contributed by atoms with E-state index in [4.69, 9.17) is 16.3 Å². The van der Waals surface area contributed by atoms with Crippen molar-refractivity contribution in [2.45, 2.75) is 19.4 Å². The molecule has 0 aliphatic carbocycles. The minimum atomic E-state index is -1.26. The van der Waals surface area contributed by atoms with Gasteiger partial charge in [-0.25, -0.2) is 4.79 Å². The van der Waals surface area contributed by atoms with Gasteiger partial charge in [-0.05, 0) is 12.1 Å². The summed E-state index contributed by atoms with van der Waals surface area (Å²) in [7, 11) is 1.20. The van der Waals surface area contributed by atoms with E-state index in [1.807, 2.05) is 0 Å². The molecular formula is C12H13ClO4. The lowest BCUT2D eigenvalue weighted by Gasteiger charge is -2.15. The number of rotatable bonds is 5. The zero-order valence-electron chi connectivity index (χ0n) is 9.60. The van der Waals surface area contributed by atoms with Crippen LogP contribution in [-0.2, 0) is 14.3 Å². The van der Waals surface area contributed by atoms with Crippen LogP contribution in [0, 0.1) is 0 Å². The number of para-hydroxylation sites is 1. The number of methoxy groups -OCH3 is 1. The van der Waals surface area contributed by atoms with E-state index in [-0.39, 0.29) is 18.0 Å². The van der Waals surface area contributed by atoms with E-state index in [1.165, 1.54) is 7.11 Å². The topological polar surface area (TPSA) is 52.6 Å². The van der Waals surface area contributed by atoms with E-state index < -0.39 is 12.1 Å². The lowest BCUT2D eigenvalue weighted by atomic mass is 10.2. The molecule has 1 atom stereocenters. The smallest absolute Gasteiger partial charge is 0.354 e. The van der Waals surface area contributed by atoms with Crippen LogP contribution < -0.4 is 4.74 Å². The highest BCUT2D eigenvalue weighted by Gasteiger charge is 2.28. The third-order valence-electron chi connectivity index (χ3n) is 2.14. The second-order valence-corrected chi connectivity index (χ2v) is 3.68. The molecule has 0 amide bonds. The third-order valence-corrected chi connectivity index (χ3v) is 2.45. The van der Waals surface area contributed by atoms with Crippen molar-refractivity contribution in [3.05, 3.63) is 29.3 Å². The molecule has 0 aliphatic heterocycles. The number of Topliss-reactive ketones (excluding diaryl/α,β-unsaturated/α-hetero) is 1. The van der Waals surface area contributed by atoms with Gasteiger partial charge in [0.15, 0.2) is 5.78 Å². The van der Waals surface area contributed by atoms with Gasteiger partial charge < -0.3 is 9.47 Å². The maximum Gasteiger partial charge on any atom is 0.354 e. The second-order valence-electron chi connectivity index (χ2n) is 3.27. The van der Waals surface area contributed by atoms with Gasteiger partial charge in [0.1, 0.15) is 5.75 Å². The fourth-order valence-electron chi connectivity index (χ4n) is 1.20. The number of carbonyl (C=O) groups excluding carboxylic acids is 2. The monoisotopic (exact) mass is 256 g/mol. The molecule has 0 N–H and O–H groups in total. The Morgan fingerprint density at radius 2 is 2.00 bits per heavy atom. The molecule has 0 radical (unpaired) electrons. The Kier molecular flexibility index (Phi) is 4.97. The number of carbonyl (C=O) groups is 2. The van der Waals surface area contributed by atoms with Crippen LogP contribution in [0.25, 0.3) is 0 Å². The number of esters is 1. The number of benzene rings is 1. The Hall–Kier alpha value is -1.55. The number of ketones is 1. The summed E-state index contributed by atoms with van der Waals surface area (Å²) in [6, 6.07) is 6.62. The zero-order chi connectivity index (χ0) is 12.8. The van der Waals surface area contributed by atoms with Crippen LogP contribution in [0.4, 0.5) is 0 Å². The Morgan fingerprint density at radius 1 is 1.35 bits per heavy atom. The van der Waals surface area contributed by atoms with E-state index >= 15 is 0 Å². The van der Waals surface area contributed by atoms with Gasteiger partial charge in [-0.1, -0.05) is 30.7 Å². The molecule has 92 valence electrons. The summed E-state index contributed by atoms with van der Waals surface area (Å²) in [5, 5.41) is 0.338. The van der Waals surface area contributed by atoms with Crippen molar-refractivity contribution in [1.82, 2.24) is 0 Å². The van der Waals surface area contributed by atoms with Crippen LogP contribution in [0.15, 0.2) is 24.3 Å². The molecule has 0 saturated heterocycles. The fourth-order valence-corrected chi connectivity index (χ4v) is 1.39. The molecule has 4 nitrogen and oxygen atoms in total. The molecule has 0 bridgehead atoms. The maximum absolute atomic E-state index is 11.6. The molecule has 0 saturated carbocycles. The summed E-state index contributed by atoms with van der Waals surface area (Å²) >= 11 is 5.88. The van der Waals surface area contributed by atoms with Gasteiger partial charge >= 0.3 is 5.97 Å². The minimum absolute atomic E-state index is 0.185. The van der Waals surface area contributed by atoms with Gasteiger partial charge in [0, 0.05) is 6.42 Å². The Bertz CT molecular complexity index is 401. The summed E-state index contributed by atoms with van der Waals surface area (Å²) in [4.78, 5) is 23.0. The fraction of sp³-hybridized carbons (Fsp3) is 0.333. The van der Waals surface area contributed by atoms with Crippen LogP contribution in [0.3, 0.4) is 0 Å². The Morgan fingerprint density at radius 3 is 2.53 bits per heavy atom. The van der Waals surface area contributed by atoms with Crippen molar-refractivity contribution in [2.24, 2.45) is 0 Å². The molecule has 1 aromatic rings. The first kappa shape index (κ1) is 13.5. The van der Waals surface area contributed by atoms with Crippen LogP contribution in [0.2, 0.25) is 5.02 Å². The van der Waals surface area contributed by atoms with Crippen molar-refractivity contribution >= 4 is 23.4 Å². The Labute approximate surface area is 104 Å². The molecule has 0 fully saturated rings. The Balaban J connectivity index is 2.91. The largest absolute Gasteiger partial charge is 0.469 e. The molecule has 0 heterocycles. The first-order valence-corrected chi connectivity index (χ1v) is 5.49.